The first-order valence-corrected chi connectivity index (χ1v) is 5.16. The fourth-order valence-corrected chi connectivity index (χ4v) is 1.86. The summed E-state index contributed by atoms with van der Waals surface area (Å²) in [5, 5.41) is 11.8. The number of fused-ring (bicyclic) bond motifs is 1. The maximum atomic E-state index is 10.9. The van der Waals surface area contributed by atoms with Crippen LogP contribution in [-0.2, 0) is 0 Å². The number of aryl methyl sites for hydroxylation is 1. The molecule has 0 unspecified atom stereocenters. The number of benzene rings is 1. The molecule has 2 rings (SSSR count). The molecule has 0 spiro atoms. The second kappa shape index (κ2) is 3.88. The Morgan fingerprint density at radius 3 is 2.69 bits per heavy atom. The van der Waals surface area contributed by atoms with Gasteiger partial charge in [0.1, 0.15) is 5.52 Å². The molecule has 1 heterocycles. The molecule has 1 aromatic heterocycles. The Kier molecular flexibility index (Phi) is 2.69. The summed E-state index contributed by atoms with van der Waals surface area (Å²) >= 11 is 11.8. The predicted molar refractivity (Wildman–Crippen MR) is 63.2 cm³/mol. The Morgan fingerprint density at radius 2 is 2.06 bits per heavy atom. The molecule has 0 amide bonds. The van der Waals surface area contributed by atoms with Gasteiger partial charge < -0.3 is 0 Å². The van der Waals surface area contributed by atoms with E-state index < -0.39 is 4.92 Å². The van der Waals surface area contributed by atoms with E-state index in [-0.39, 0.29) is 21.2 Å². The number of halogens is 2. The van der Waals surface area contributed by atoms with Crippen molar-refractivity contribution in [2.45, 2.75) is 6.92 Å². The number of nitro benzene ring substituents is 1. The largest absolute Gasteiger partial charge is 0.297 e. The number of hydrogen-bond acceptors (Lipinski definition) is 3. The molecule has 0 radical (unpaired) electrons. The van der Waals surface area contributed by atoms with Crippen LogP contribution >= 0.6 is 23.2 Å². The van der Waals surface area contributed by atoms with E-state index in [0.717, 1.165) is 0 Å². The fourth-order valence-electron chi connectivity index (χ4n) is 1.45. The van der Waals surface area contributed by atoms with Crippen molar-refractivity contribution in [3.05, 3.63) is 44.1 Å². The lowest BCUT2D eigenvalue weighted by Crippen LogP contribution is -1.94. The Balaban J connectivity index is 2.95. The van der Waals surface area contributed by atoms with Gasteiger partial charge in [0.05, 0.1) is 15.0 Å². The molecular formula is C10H6Cl2N2O2. The van der Waals surface area contributed by atoms with Crippen molar-refractivity contribution in [1.29, 1.82) is 0 Å². The molecule has 0 atom stereocenters. The van der Waals surface area contributed by atoms with Crippen molar-refractivity contribution in [2.24, 2.45) is 0 Å². The Hall–Kier alpha value is -1.39. The van der Waals surface area contributed by atoms with Crippen LogP contribution in [-0.4, -0.2) is 9.91 Å². The van der Waals surface area contributed by atoms with Crippen LogP contribution in [0.5, 0.6) is 0 Å². The lowest BCUT2D eigenvalue weighted by atomic mass is 10.2. The highest BCUT2D eigenvalue weighted by atomic mass is 35.5. The van der Waals surface area contributed by atoms with Crippen molar-refractivity contribution in [3.8, 4) is 0 Å². The standard InChI is InChI=1S/C10H6Cl2N2O2/c1-5-2-3-6-9(12)7(11)4-8(14(15)16)10(6)13-5/h2-4H,1H3. The monoisotopic (exact) mass is 256 g/mol. The quantitative estimate of drug-likeness (QED) is 0.577. The van der Waals surface area contributed by atoms with Gasteiger partial charge in [-0.1, -0.05) is 23.2 Å². The minimum atomic E-state index is -0.517. The van der Waals surface area contributed by atoms with Crippen molar-refractivity contribution >= 4 is 39.8 Å². The highest BCUT2D eigenvalue weighted by molar-refractivity contribution is 6.45. The maximum absolute atomic E-state index is 10.9. The lowest BCUT2D eigenvalue weighted by Gasteiger charge is -2.04. The van der Waals surface area contributed by atoms with Gasteiger partial charge in [-0.05, 0) is 19.1 Å². The highest BCUT2D eigenvalue weighted by Gasteiger charge is 2.18. The molecule has 82 valence electrons. The van der Waals surface area contributed by atoms with Crippen molar-refractivity contribution in [3.63, 3.8) is 0 Å². The SMILES string of the molecule is Cc1ccc2c(Cl)c(Cl)cc([N+](=O)[O-])c2n1. The van der Waals surface area contributed by atoms with Crippen LogP contribution in [0.4, 0.5) is 5.69 Å². The summed E-state index contributed by atoms with van der Waals surface area (Å²) in [7, 11) is 0. The maximum Gasteiger partial charge on any atom is 0.297 e. The average Bonchev–Trinajstić information content (AvgIpc) is 2.22. The Labute approximate surface area is 101 Å². The van der Waals surface area contributed by atoms with Crippen LogP contribution < -0.4 is 0 Å². The first-order chi connectivity index (χ1) is 7.50. The predicted octanol–water partition coefficient (Wildman–Crippen LogP) is 3.76. The van der Waals surface area contributed by atoms with E-state index in [9.17, 15) is 10.1 Å². The normalized spacial score (nSPS) is 10.7. The first-order valence-electron chi connectivity index (χ1n) is 4.40. The number of hydrogen-bond donors (Lipinski definition) is 0. The first kappa shape index (κ1) is 11.1. The van der Waals surface area contributed by atoms with Crippen LogP contribution in [0.15, 0.2) is 18.2 Å². The Bertz CT molecular complexity index is 599. The number of non-ortho nitro benzene ring substituents is 1. The van der Waals surface area contributed by atoms with Crippen LogP contribution in [0.25, 0.3) is 10.9 Å². The molecule has 0 fully saturated rings. The third kappa shape index (κ3) is 1.70. The van der Waals surface area contributed by atoms with Gasteiger partial charge in [-0.25, -0.2) is 4.98 Å². The molecule has 4 nitrogen and oxygen atoms in total. The smallest absolute Gasteiger partial charge is 0.258 e. The van der Waals surface area contributed by atoms with E-state index in [1.807, 2.05) is 0 Å². The van der Waals surface area contributed by atoms with Gasteiger partial charge in [0.2, 0.25) is 0 Å². The van der Waals surface area contributed by atoms with Crippen molar-refractivity contribution in [1.82, 2.24) is 4.98 Å². The summed E-state index contributed by atoms with van der Waals surface area (Å²) in [4.78, 5) is 14.5. The molecule has 16 heavy (non-hydrogen) atoms. The van der Waals surface area contributed by atoms with Crippen LogP contribution in [0, 0.1) is 17.0 Å². The molecule has 0 bridgehead atoms. The van der Waals surface area contributed by atoms with E-state index >= 15 is 0 Å². The molecule has 0 saturated carbocycles. The van der Waals surface area contributed by atoms with Crippen LogP contribution in [0.1, 0.15) is 5.69 Å². The van der Waals surface area contributed by atoms with Gasteiger partial charge in [0.25, 0.3) is 5.69 Å². The summed E-state index contributed by atoms with van der Waals surface area (Å²) in [5.41, 5.74) is 0.821. The lowest BCUT2D eigenvalue weighted by molar-refractivity contribution is -0.383. The van der Waals surface area contributed by atoms with Crippen LogP contribution in [0.2, 0.25) is 10.0 Å². The molecule has 1 aromatic carbocycles. The zero-order chi connectivity index (χ0) is 11.9. The highest BCUT2D eigenvalue weighted by Crippen LogP contribution is 2.36. The molecule has 0 saturated heterocycles. The number of rotatable bonds is 1. The summed E-state index contributed by atoms with van der Waals surface area (Å²) in [6.45, 7) is 1.76. The molecule has 0 aliphatic carbocycles. The molecule has 0 aliphatic heterocycles. The van der Waals surface area contributed by atoms with Gasteiger partial charge in [0, 0.05) is 17.1 Å². The topological polar surface area (TPSA) is 56.0 Å². The molecule has 6 heteroatoms. The van der Waals surface area contributed by atoms with Crippen molar-refractivity contribution in [2.75, 3.05) is 0 Å². The zero-order valence-electron chi connectivity index (χ0n) is 8.20. The summed E-state index contributed by atoms with van der Waals surface area (Å²) in [6.07, 6.45) is 0. The zero-order valence-corrected chi connectivity index (χ0v) is 9.71. The van der Waals surface area contributed by atoms with E-state index in [0.29, 0.717) is 11.1 Å². The van der Waals surface area contributed by atoms with Crippen molar-refractivity contribution < 1.29 is 4.92 Å². The third-order valence-corrected chi connectivity index (χ3v) is 2.99. The second-order valence-corrected chi connectivity index (χ2v) is 4.08. The number of nitro groups is 1. The molecule has 2 aromatic rings. The van der Waals surface area contributed by atoms with E-state index in [1.54, 1.807) is 19.1 Å². The number of pyridine rings is 1. The molecule has 0 aliphatic rings. The molecule has 0 N–H and O–H groups in total. The third-order valence-electron chi connectivity index (χ3n) is 2.18. The summed E-state index contributed by atoms with van der Waals surface area (Å²) in [5.74, 6) is 0. The minimum absolute atomic E-state index is 0.131. The summed E-state index contributed by atoms with van der Waals surface area (Å²) in [6, 6.07) is 4.63. The van der Waals surface area contributed by atoms with Gasteiger partial charge in [0.15, 0.2) is 0 Å². The second-order valence-electron chi connectivity index (χ2n) is 3.30. The van der Waals surface area contributed by atoms with E-state index in [4.69, 9.17) is 23.2 Å². The Morgan fingerprint density at radius 1 is 1.38 bits per heavy atom. The number of nitrogens with zero attached hydrogens (tertiary/aromatic N) is 2. The average molecular weight is 257 g/mol. The fraction of sp³-hybridized carbons (Fsp3) is 0.100. The van der Waals surface area contributed by atoms with Gasteiger partial charge in [-0.2, -0.15) is 0 Å². The van der Waals surface area contributed by atoms with Gasteiger partial charge in [-0.15, -0.1) is 0 Å². The van der Waals surface area contributed by atoms with Gasteiger partial charge in [-0.3, -0.25) is 10.1 Å². The number of aromatic nitrogens is 1. The van der Waals surface area contributed by atoms with Gasteiger partial charge >= 0.3 is 0 Å². The molecular weight excluding hydrogens is 251 g/mol. The van der Waals surface area contributed by atoms with Crippen LogP contribution in [0.3, 0.4) is 0 Å². The van der Waals surface area contributed by atoms with E-state index in [1.165, 1.54) is 6.07 Å². The minimum Gasteiger partial charge on any atom is -0.258 e. The summed E-state index contributed by atoms with van der Waals surface area (Å²) < 4.78 is 0. The van der Waals surface area contributed by atoms with E-state index in [2.05, 4.69) is 4.98 Å².